The van der Waals surface area contributed by atoms with Gasteiger partial charge in [-0.05, 0) is 12.0 Å². The number of likely N-dealkylation sites (tertiary alicyclic amines) is 1. The van der Waals surface area contributed by atoms with E-state index in [1.54, 1.807) is 0 Å². The van der Waals surface area contributed by atoms with E-state index in [4.69, 9.17) is 0 Å². The summed E-state index contributed by atoms with van der Waals surface area (Å²) in [5.41, 5.74) is 1.99. The first-order valence-corrected chi connectivity index (χ1v) is 5.87. The predicted octanol–water partition coefficient (Wildman–Crippen LogP) is 1.05. The summed E-state index contributed by atoms with van der Waals surface area (Å²) in [6.07, 6.45) is 2.23. The van der Waals surface area contributed by atoms with E-state index in [0.717, 1.165) is 37.0 Å². The van der Waals surface area contributed by atoms with Gasteiger partial charge in [0.05, 0.1) is 0 Å². The number of rotatable bonds is 3. The maximum atomic E-state index is 10.9. The van der Waals surface area contributed by atoms with Crippen molar-refractivity contribution in [3.63, 3.8) is 0 Å². The topological polar surface area (TPSA) is 32.3 Å². The highest BCUT2D eigenvalue weighted by Gasteiger charge is 2.37. The molecule has 84 valence electrons. The molecule has 2 aliphatic rings. The Labute approximate surface area is 95.4 Å². The monoisotopic (exact) mass is 216 g/mol. The van der Waals surface area contributed by atoms with E-state index in [9.17, 15) is 4.79 Å². The first-order chi connectivity index (χ1) is 7.86. The summed E-state index contributed by atoms with van der Waals surface area (Å²) in [6.45, 7) is 3.14. The van der Waals surface area contributed by atoms with Crippen LogP contribution in [-0.2, 0) is 6.54 Å². The molecule has 3 heteroatoms. The van der Waals surface area contributed by atoms with Crippen LogP contribution < -0.4 is 5.32 Å². The molecule has 1 aromatic rings. The molecule has 0 aromatic heterocycles. The van der Waals surface area contributed by atoms with Crippen molar-refractivity contribution in [2.24, 2.45) is 0 Å². The van der Waals surface area contributed by atoms with Crippen molar-refractivity contribution >= 4 is 6.29 Å². The van der Waals surface area contributed by atoms with Crippen molar-refractivity contribution in [3.05, 3.63) is 35.4 Å². The Kier molecular flexibility index (Phi) is 2.50. The molecule has 0 radical (unpaired) electrons. The van der Waals surface area contributed by atoms with E-state index >= 15 is 0 Å². The van der Waals surface area contributed by atoms with Gasteiger partial charge in [-0.2, -0.15) is 0 Å². The van der Waals surface area contributed by atoms with Crippen LogP contribution in [0.25, 0.3) is 0 Å². The molecule has 1 aromatic carbocycles. The van der Waals surface area contributed by atoms with Crippen molar-refractivity contribution < 1.29 is 4.79 Å². The molecule has 2 atom stereocenters. The molecule has 0 spiro atoms. The van der Waals surface area contributed by atoms with Gasteiger partial charge in [0, 0.05) is 37.3 Å². The fourth-order valence-electron chi connectivity index (χ4n) is 2.85. The van der Waals surface area contributed by atoms with E-state index in [-0.39, 0.29) is 0 Å². The van der Waals surface area contributed by atoms with Crippen molar-refractivity contribution in [1.82, 2.24) is 10.2 Å². The molecule has 3 rings (SSSR count). The fraction of sp³-hybridized carbons (Fsp3) is 0.462. The first kappa shape index (κ1) is 10.00. The molecule has 2 aliphatic heterocycles. The summed E-state index contributed by atoms with van der Waals surface area (Å²) in [6, 6.07) is 9.23. The van der Waals surface area contributed by atoms with E-state index in [0.29, 0.717) is 12.1 Å². The van der Waals surface area contributed by atoms with Crippen LogP contribution in [0.5, 0.6) is 0 Å². The predicted molar refractivity (Wildman–Crippen MR) is 62.4 cm³/mol. The van der Waals surface area contributed by atoms with Crippen molar-refractivity contribution in [2.45, 2.75) is 25.0 Å². The highest BCUT2D eigenvalue weighted by Crippen LogP contribution is 2.25. The van der Waals surface area contributed by atoms with Crippen LogP contribution in [0.15, 0.2) is 24.3 Å². The number of hydrogen-bond acceptors (Lipinski definition) is 3. The van der Waals surface area contributed by atoms with Crippen LogP contribution in [0.1, 0.15) is 22.3 Å². The van der Waals surface area contributed by atoms with Crippen LogP contribution >= 0.6 is 0 Å². The van der Waals surface area contributed by atoms with E-state index in [2.05, 4.69) is 16.3 Å². The lowest BCUT2D eigenvalue weighted by Gasteiger charge is -2.27. The standard InChI is InChI=1S/C13H16N2O/c16-9-11-4-2-1-3-10(11)7-15-8-12-5-13(15)6-14-12/h1-4,9,12-14H,5-8H2. The summed E-state index contributed by atoms with van der Waals surface area (Å²) >= 11 is 0. The largest absolute Gasteiger partial charge is 0.311 e. The van der Waals surface area contributed by atoms with Crippen molar-refractivity contribution in [2.75, 3.05) is 13.1 Å². The van der Waals surface area contributed by atoms with E-state index in [1.165, 1.54) is 6.42 Å². The lowest BCUT2D eigenvalue weighted by molar-refractivity contribution is 0.112. The SMILES string of the molecule is O=Cc1ccccc1CN1CC2CC1CN2. The molecule has 0 amide bonds. The molecule has 2 bridgehead atoms. The third-order valence-corrected chi connectivity index (χ3v) is 3.73. The average molecular weight is 216 g/mol. The number of carbonyl (C=O) groups is 1. The van der Waals surface area contributed by atoms with Gasteiger partial charge < -0.3 is 5.32 Å². The number of benzene rings is 1. The number of fused-ring (bicyclic) bond motifs is 2. The number of nitrogens with one attached hydrogen (secondary N) is 1. The molecule has 1 N–H and O–H groups in total. The molecule has 2 fully saturated rings. The minimum atomic E-state index is 0.671. The van der Waals surface area contributed by atoms with Gasteiger partial charge in [0.1, 0.15) is 6.29 Å². The summed E-state index contributed by atoms with van der Waals surface area (Å²) < 4.78 is 0. The normalized spacial score (nSPS) is 28.5. The molecular formula is C13H16N2O. The first-order valence-electron chi connectivity index (χ1n) is 5.87. The van der Waals surface area contributed by atoms with Gasteiger partial charge in [0.15, 0.2) is 0 Å². The second kappa shape index (κ2) is 4.00. The Morgan fingerprint density at radius 1 is 1.44 bits per heavy atom. The minimum absolute atomic E-state index is 0.671. The highest BCUT2D eigenvalue weighted by molar-refractivity contribution is 5.77. The summed E-state index contributed by atoms with van der Waals surface area (Å²) in [4.78, 5) is 13.4. The Morgan fingerprint density at radius 3 is 3.00 bits per heavy atom. The van der Waals surface area contributed by atoms with Crippen molar-refractivity contribution in [3.8, 4) is 0 Å². The lowest BCUT2D eigenvalue weighted by Crippen LogP contribution is -2.43. The van der Waals surface area contributed by atoms with Gasteiger partial charge >= 0.3 is 0 Å². The third kappa shape index (κ3) is 1.66. The van der Waals surface area contributed by atoms with Crippen LogP contribution in [0.4, 0.5) is 0 Å². The van der Waals surface area contributed by atoms with Gasteiger partial charge in [-0.15, -0.1) is 0 Å². The van der Waals surface area contributed by atoms with Gasteiger partial charge in [0.25, 0.3) is 0 Å². The average Bonchev–Trinajstić information content (AvgIpc) is 2.92. The molecule has 3 nitrogen and oxygen atoms in total. The zero-order valence-electron chi connectivity index (χ0n) is 9.23. The highest BCUT2D eigenvalue weighted by atomic mass is 16.1. The van der Waals surface area contributed by atoms with E-state index in [1.807, 2.05) is 18.2 Å². The fourth-order valence-corrected chi connectivity index (χ4v) is 2.85. The number of hydrogen-bond donors (Lipinski definition) is 1. The molecule has 0 aliphatic carbocycles. The van der Waals surface area contributed by atoms with Crippen LogP contribution in [0.3, 0.4) is 0 Å². The molecular weight excluding hydrogens is 200 g/mol. The third-order valence-electron chi connectivity index (χ3n) is 3.73. The van der Waals surface area contributed by atoms with Gasteiger partial charge in [-0.1, -0.05) is 24.3 Å². The van der Waals surface area contributed by atoms with Gasteiger partial charge in [-0.25, -0.2) is 0 Å². The molecule has 2 heterocycles. The Hall–Kier alpha value is -1.19. The molecule has 2 saturated heterocycles. The summed E-state index contributed by atoms with van der Waals surface area (Å²) in [5, 5.41) is 3.49. The van der Waals surface area contributed by atoms with Gasteiger partial charge in [-0.3, -0.25) is 9.69 Å². The number of piperazine rings is 1. The Bertz CT molecular complexity index is 405. The van der Waals surface area contributed by atoms with Crippen LogP contribution in [0.2, 0.25) is 0 Å². The quantitative estimate of drug-likeness (QED) is 0.766. The number of aldehydes is 1. The molecule has 2 unspecified atom stereocenters. The van der Waals surface area contributed by atoms with Crippen LogP contribution in [0, 0.1) is 0 Å². The second-order valence-electron chi connectivity index (χ2n) is 4.74. The smallest absolute Gasteiger partial charge is 0.150 e. The molecule has 0 saturated carbocycles. The Morgan fingerprint density at radius 2 is 2.31 bits per heavy atom. The zero-order chi connectivity index (χ0) is 11.0. The van der Waals surface area contributed by atoms with Crippen LogP contribution in [-0.4, -0.2) is 36.4 Å². The van der Waals surface area contributed by atoms with E-state index < -0.39 is 0 Å². The van der Waals surface area contributed by atoms with Crippen molar-refractivity contribution in [1.29, 1.82) is 0 Å². The zero-order valence-corrected chi connectivity index (χ0v) is 9.23. The molecule has 16 heavy (non-hydrogen) atoms. The maximum absolute atomic E-state index is 10.9. The van der Waals surface area contributed by atoms with Gasteiger partial charge in [0.2, 0.25) is 0 Å². The number of carbonyl (C=O) groups excluding carboxylic acids is 1. The summed E-state index contributed by atoms with van der Waals surface area (Å²) in [7, 11) is 0. The lowest BCUT2D eigenvalue weighted by atomic mass is 10.1. The Balaban J connectivity index is 1.76. The maximum Gasteiger partial charge on any atom is 0.150 e. The second-order valence-corrected chi connectivity index (χ2v) is 4.74. The number of nitrogens with zero attached hydrogens (tertiary/aromatic N) is 1. The minimum Gasteiger partial charge on any atom is -0.311 e. The summed E-state index contributed by atoms with van der Waals surface area (Å²) in [5.74, 6) is 0.